The molecule has 0 fully saturated rings. The van der Waals surface area contributed by atoms with Crippen molar-refractivity contribution in [3.63, 3.8) is 0 Å². The molecule has 3 rings (SSSR count). The van der Waals surface area contributed by atoms with Crippen LogP contribution in [0.3, 0.4) is 0 Å². The maximum absolute atomic E-state index is 9.75. The van der Waals surface area contributed by atoms with Crippen molar-refractivity contribution in [1.29, 1.82) is 5.26 Å². The van der Waals surface area contributed by atoms with E-state index < -0.39 is 0 Å². The van der Waals surface area contributed by atoms with Gasteiger partial charge in [0.2, 0.25) is 0 Å². The highest BCUT2D eigenvalue weighted by molar-refractivity contribution is 5.77. The van der Waals surface area contributed by atoms with Crippen LogP contribution in [0, 0.1) is 11.3 Å². The zero-order chi connectivity index (χ0) is 17.5. The van der Waals surface area contributed by atoms with E-state index in [0.717, 1.165) is 42.2 Å². The van der Waals surface area contributed by atoms with Crippen molar-refractivity contribution in [3.05, 3.63) is 28.8 Å². The van der Waals surface area contributed by atoms with Gasteiger partial charge in [0.1, 0.15) is 0 Å². The molecule has 5 heteroatoms. The van der Waals surface area contributed by atoms with Gasteiger partial charge in [-0.25, -0.2) is 0 Å². The second kappa shape index (κ2) is 6.03. The first-order valence-electron chi connectivity index (χ1n) is 8.27. The number of methoxy groups -OCH3 is 2. The Labute approximate surface area is 144 Å². The molecular formula is C19H25N3O2. The molecule has 0 radical (unpaired) electrons. The van der Waals surface area contributed by atoms with Gasteiger partial charge in [-0.1, -0.05) is 0 Å². The highest BCUT2D eigenvalue weighted by Crippen LogP contribution is 2.40. The van der Waals surface area contributed by atoms with E-state index in [1.54, 1.807) is 14.2 Å². The number of fused-ring (bicyclic) bond motifs is 3. The molecule has 0 N–H and O–H groups in total. The largest absolute Gasteiger partial charge is 0.493 e. The number of hydrogen-bond acceptors (Lipinski definition) is 5. The predicted molar refractivity (Wildman–Crippen MR) is 93.8 cm³/mol. The molecule has 0 amide bonds. The Balaban J connectivity index is 2.12. The van der Waals surface area contributed by atoms with Crippen LogP contribution in [0.4, 0.5) is 0 Å². The summed E-state index contributed by atoms with van der Waals surface area (Å²) in [5, 5.41) is 9.75. The van der Waals surface area contributed by atoms with Crippen molar-refractivity contribution in [2.75, 3.05) is 34.0 Å². The third kappa shape index (κ3) is 2.71. The van der Waals surface area contributed by atoms with E-state index in [9.17, 15) is 5.26 Å². The van der Waals surface area contributed by atoms with Crippen LogP contribution in [-0.4, -0.2) is 49.3 Å². The fraction of sp³-hybridized carbons (Fsp3) is 0.526. The molecule has 1 aromatic carbocycles. The van der Waals surface area contributed by atoms with Gasteiger partial charge in [-0.3, -0.25) is 4.90 Å². The molecule has 2 aliphatic heterocycles. The van der Waals surface area contributed by atoms with Crippen LogP contribution in [0.15, 0.2) is 17.7 Å². The predicted octanol–water partition coefficient (Wildman–Crippen LogP) is 2.87. The summed E-state index contributed by atoms with van der Waals surface area (Å²) in [6.07, 6.45) is 0.940. The van der Waals surface area contributed by atoms with Crippen LogP contribution in [0.2, 0.25) is 0 Å². The van der Waals surface area contributed by atoms with Crippen molar-refractivity contribution in [1.82, 2.24) is 9.80 Å². The van der Waals surface area contributed by atoms with Gasteiger partial charge in [-0.05, 0) is 44.9 Å². The SMILES string of the molecule is COc1cc2c(cc1OC)C1=C(C#N)CN(C(C)(C)C)CN1CC2. The maximum Gasteiger partial charge on any atom is 0.161 e. The molecule has 24 heavy (non-hydrogen) atoms. The minimum atomic E-state index is 0.0332. The second-order valence-corrected chi connectivity index (χ2v) is 7.33. The summed E-state index contributed by atoms with van der Waals surface area (Å²) < 4.78 is 10.9. The lowest BCUT2D eigenvalue weighted by Gasteiger charge is -2.46. The Bertz CT molecular complexity index is 725. The Kier molecular flexibility index (Phi) is 4.18. The van der Waals surface area contributed by atoms with Gasteiger partial charge in [-0.2, -0.15) is 5.26 Å². The van der Waals surface area contributed by atoms with E-state index in [2.05, 4.69) is 36.6 Å². The topological polar surface area (TPSA) is 48.7 Å². The molecule has 0 spiro atoms. The Morgan fingerprint density at radius 1 is 1.12 bits per heavy atom. The minimum absolute atomic E-state index is 0.0332. The molecule has 128 valence electrons. The molecular weight excluding hydrogens is 302 g/mol. The highest BCUT2D eigenvalue weighted by Gasteiger charge is 2.35. The van der Waals surface area contributed by atoms with Gasteiger partial charge in [0.05, 0.1) is 38.2 Å². The molecule has 0 aliphatic carbocycles. The summed E-state index contributed by atoms with van der Waals surface area (Å²) in [4.78, 5) is 4.67. The normalized spacial score (nSPS) is 17.9. The fourth-order valence-corrected chi connectivity index (χ4v) is 3.44. The van der Waals surface area contributed by atoms with Gasteiger partial charge >= 0.3 is 0 Å². The van der Waals surface area contributed by atoms with Crippen molar-refractivity contribution >= 4 is 5.70 Å². The van der Waals surface area contributed by atoms with Gasteiger partial charge in [0, 0.05) is 24.2 Å². The third-order valence-corrected chi connectivity index (χ3v) is 4.89. The summed E-state index contributed by atoms with van der Waals surface area (Å²) in [5.41, 5.74) is 4.23. The summed E-state index contributed by atoms with van der Waals surface area (Å²) in [6, 6.07) is 6.50. The first kappa shape index (κ1) is 16.7. The quantitative estimate of drug-likeness (QED) is 0.836. The van der Waals surface area contributed by atoms with E-state index in [1.165, 1.54) is 5.56 Å². The summed E-state index contributed by atoms with van der Waals surface area (Å²) in [7, 11) is 3.30. The summed E-state index contributed by atoms with van der Waals surface area (Å²) >= 11 is 0. The fourth-order valence-electron chi connectivity index (χ4n) is 3.44. The van der Waals surface area contributed by atoms with Crippen LogP contribution < -0.4 is 9.47 Å². The number of benzene rings is 1. The van der Waals surface area contributed by atoms with Gasteiger partial charge in [0.15, 0.2) is 11.5 Å². The standard InChI is InChI=1S/C19H25N3O2/c1-19(2,3)22-11-14(10-20)18-15-9-17(24-5)16(23-4)8-13(15)6-7-21(18)12-22/h8-9H,6-7,11-12H2,1-5H3. The molecule has 0 saturated carbocycles. The van der Waals surface area contributed by atoms with Crippen molar-refractivity contribution in [3.8, 4) is 17.6 Å². The Morgan fingerprint density at radius 3 is 2.38 bits per heavy atom. The van der Waals surface area contributed by atoms with E-state index in [4.69, 9.17) is 9.47 Å². The minimum Gasteiger partial charge on any atom is -0.493 e. The molecule has 0 saturated heterocycles. The molecule has 0 atom stereocenters. The van der Waals surface area contributed by atoms with E-state index >= 15 is 0 Å². The molecule has 2 heterocycles. The number of nitrogens with zero attached hydrogens (tertiary/aromatic N) is 3. The summed E-state index contributed by atoms with van der Waals surface area (Å²) in [6.45, 7) is 9.02. The second-order valence-electron chi connectivity index (χ2n) is 7.33. The van der Waals surface area contributed by atoms with Crippen molar-refractivity contribution in [2.45, 2.75) is 32.7 Å². The smallest absolute Gasteiger partial charge is 0.161 e. The monoisotopic (exact) mass is 327 g/mol. The van der Waals surface area contributed by atoms with Gasteiger partial charge < -0.3 is 14.4 Å². The van der Waals surface area contributed by atoms with Crippen LogP contribution >= 0.6 is 0 Å². The number of nitriles is 1. The lowest BCUT2D eigenvalue weighted by atomic mass is 9.91. The van der Waals surface area contributed by atoms with Gasteiger partial charge in [0.25, 0.3) is 0 Å². The summed E-state index contributed by atoms with van der Waals surface area (Å²) in [5.74, 6) is 1.46. The average Bonchev–Trinajstić information content (AvgIpc) is 2.58. The zero-order valence-electron chi connectivity index (χ0n) is 15.1. The van der Waals surface area contributed by atoms with Crippen LogP contribution in [0.1, 0.15) is 31.9 Å². The number of ether oxygens (including phenoxy) is 2. The molecule has 0 aromatic heterocycles. The maximum atomic E-state index is 9.75. The first-order valence-corrected chi connectivity index (χ1v) is 8.27. The lowest BCUT2D eigenvalue weighted by Crippen LogP contribution is -2.52. The third-order valence-electron chi connectivity index (χ3n) is 4.89. The molecule has 2 aliphatic rings. The molecule has 1 aromatic rings. The van der Waals surface area contributed by atoms with E-state index in [0.29, 0.717) is 12.3 Å². The highest BCUT2D eigenvalue weighted by atomic mass is 16.5. The number of rotatable bonds is 2. The van der Waals surface area contributed by atoms with Crippen molar-refractivity contribution < 1.29 is 9.47 Å². The number of hydrogen-bond donors (Lipinski definition) is 0. The molecule has 0 unspecified atom stereocenters. The molecule has 0 bridgehead atoms. The average molecular weight is 327 g/mol. The molecule has 5 nitrogen and oxygen atoms in total. The van der Waals surface area contributed by atoms with Crippen LogP contribution in [-0.2, 0) is 6.42 Å². The zero-order valence-corrected chi connectivity index (χ0v) is 15.1. The Hall–Kier alpha value is -2.19. The lowest BCUT2D eigenvalue weighted by molar-refractivity contribution is 0.0824. The first-order chi connectivity index (χ1) is 11.4. The van der Waals surface area contributed by atoms with E-state index in [1.807, 2.05) is 12.1 Å². The van der Waals surface area contributed by atoms with E-state index in [-0.39, 0.29) is 5.54 Å². The Morgan fingerprint density at radius 2 is 1.79 bits per heavy atom. The van der Waals surface area contributed by atoms with Crippen LogP contribution in [0.5, 0.6) is 11.5 Å². The van der Waals surface area contributed by atoms with Gasteiger partial charge in [-0.15, -0.1) is 0 Å². The van der Waals surface area contributed by atoms with Crippen molar-refractivity contribution in [2.24, 2.45) is 0 Å². The van der Waals surface area contributed by atoms with Crippen LogP contribution in [0.25, 0.3) is 5.70 Å².